The van der Waals surface area contributed by atoms with Gasteiger partial charge in [-0.2, -0.15) is 0 Å². The zero-order valence-electron chi connectivity index (χ0n) is 14.3. The summed E-state index contributed by atoms with van der Waals surface area (Å²) >= 11 is 3.22. The normalized spacial score (nSPS) is 12.8. The maximum Gasteiger partial charge on any atom is 0.233 e. The predicted octanol–water partition coefficient (Wildman–Crippen LogP) is 2.72. The van der Waals surface area contributed by atoms with Gasteiger partial charge < -0.3 is 10.2 Å². The summed E-state index contributed by atoms with van der Waals surface area (Å²) in [6, 6.07) is 2.15. The van der Waals surface area contributed by atoms with Gasteiger partial charge in [-0.3, -0.25) is 4.79 Å². The zero-order valence-corrected chi connectivity index (χ0v) is 16.0. The van der Waals surface area contributed by atoms with E-state index in [1.165, 1.54) is 16.6 Å². The minimum absolute atomic E-state index is 0.0483. The van der Waals surface area contributed by atoms with Crippen molar-refractivity contribution in [2.24, 2.45) is 0 Å². The number of carbonyl (C=O) groups is 1. The third-order valence-corrected chi connectivity index (χ3v) is 5.66. The Kier molecular flexibility index (Phi) is 6.38. The largest absolute Gasteiger partial charge is 0.354 e. The zero-order chi connectivity index (χ0) is 17.0. The summed E-state index contributed by atoms with van der Waals surface area (Å²) in [7, 11) is 3.99. The van der Waals surface area contributed by atoms with Gasteiger partial charge in [-0.15, -0.1) is 11.3 Å². The lowest BCUT2D eigenvalue weighted by atomic mass is 10.3. The van der Waals surface area contributed by atoms with Crippen LogP contribution in [0.5, 0.6) is 0 Å². The number of fused-ring (bicyclic) bond motifs is 1. The fourth-order valence-corrected chi connectivity index (χ4v) is 4.15. The highest BCUT2D eigenvalue weighted by atomic mass is 32.2. The SMILES string of the molecule is CCc1cc2c(SC(C)C(=O)NCCN(C)C)nc(C)nc2s1. The lowest BCUT2D eigenvalue weighted by Crippen LogP contribution is -2.35. The summed E-state index contributed by atoms with van der Waals surface area (Å²) < 4.78 is 0. The van der Waals surface area contributed by atoms with Crippen LogP contribution in [-0.4, -0.2) is 53.2 Å². The molecule has 0 fully saturated rings. The molecule has 0 aromatic carbocycles. The van der Waals surface area contributed by atoms with Crippen LogP contribution in [0.2, 0.25) is 0 Å². The van der Waals surface area contributed by atoms with Crippen molar-refractivity contribution in [3.05, 3.63) is 16.8 Å². The predicted molar refractivity (Wildman–Crippen MR) is 98.4 cm³/mol. The van der Waals surface area contributed by atoms with E-state index in [4.69, 9.17) is 0 Å². The summed E-state index contributed by atoms with van der Waals surface area (Å²) in [4.78, 5) is 25.6. The first kappa shape index (κ1) is 18.2. The Balaban J connectivity index is 2.11. The Labute approximate surface area is 145 Å². The van der Waals surface area contributed by atoms with Crippen LogP contribution in [0.1, 0.15) is 24.5 Å². The monoisotopic (exact) mass is 352 g/mol. The molecule has 126 valence electrons. The van der Waals surface area contributed by atoms with Crippen LogP contribution >= 0.6 is 23.1 Å². The molecule has 2 aromatic heterocycles. The van der Waals surface area contributed by atoms with Gasteiger partial charge in [-0.05, 0) is 40.4 Å². The average Bonchev–Trinajstić information content (AvgIpc) is 2.89. The molecule has 1 atom stereocenters. The maximum atomic E-state index is 12.2. The highest BCUT2D eigenvalue weighted by molar-refractivity contribution is 8.00. The van der Waals surface area contributed by atoms with E-state index in [1.54, 1.807) is 11.3 Å². The summed E-state index contributed by atoms with van der Waals surface area (Å²) in [6.07, 6.45) is 0.991. The van der Waals surface area contributed by atoms with Crippen molar-refractivity contribution in [3.8, 4) is 0 Å². The van der Waals surface area contributed by atoms with Gasteiger partial charge >= 0.3 is 0 Å². The molecule has 23 heavy (non-hydrogen) atoms. The minimum Gasteiger partial charge on any atom is -0.354 e. The van der Waals surface area contributed by atoms with Gasteiger partial charge in [-0.25, -0.2) is 9.97 Å². The number of thioether (sulfide) groups is 1. The van der Waals surface area contributed by atoms with E-state index in [0.717, 1.165) is 34.0 Å². The van der Waals surface area contributed by atoms with Crippen LogP contribution in [0, 0.1) is 6.92 Å². The Morgan fingerprint density at radius 2 is 2.17 bits per heavy atom. The minimum atomic E-state index is -0.181. The molecule has 1 unspecified atom stereocenters. The molecule has 1 N–H and O–H groups in total. The molecule has 0 aliphatic heterocycles. The van der Waals surface area contributed by atoms with E-state index >= 15 is 0 Å². The third kappa shape index (κ3) is 4.89. The van der Waals surface area contributed by atoms with Gasteiger partial charge in [0, 0.05) is 23.4 Å². The third-order valence-electron chi connectivity index (χ3n) is 3.38. The number of carbonyl (C=O) groups excluding carboxylic acids is 1. The lowest BCUT2D eigenvalue weighted by molar-refractivity contribution is -0.120. The average molecular weight is 353 g/mol. The molecule has 1 amide bonds. The van der Waals surface area contributed by atoms with Crippen molar-refractivity contribution in [1.82, 2.24) is 20.2 Å². The first-order valence-electron chi connectivity index (χ1n) is 7.76. The van der Waals surface area contributed by atoms with E-state index in [-0.39, 0.29) is 11.2 Å². The van der Waals surface area contributed by atoms with Gasteiger partial charge in [0.05, 0.1) is 5.25 Å². The van der Waals surface area contributed by atoms with E-state index in [1.807, 2.05) is 32.8 Å². The van der Waals surface area contributed by atoms with Gasteiger partial charge in [0.15, 0.2) is 0 Å². The van der Waals surface area contributed by atoms with Gasteiger partial charge in [0.2, 0.25) is 5.91 Å². The number of aryl methyl sites for hydroxylation is 2. The summed E-state index contributed by atoms with van der Waals surface area (Å²) in [5.41, 5.74) is 0. The standard InChI is InChI=1S/C16H24N4OS2/c1-6-12-9-13-15(18-11(3)19-16(13)23-12)22-10(2)14(21)17-7-8-20(4)5/h9-10H,6-8H2,1-5H3,(H,17,21). The number of nitrogens with zero attached hydrogens (tertiary/aromatic N) is 3. The maximum absolute atomic E-state index is 12.2. The smallest absolute Gasteiger partial charge is 0.233 e. The van der Waals surface area contributed by atoms with Crippen molar-refractivity contribution >= 4 is 39.2 Å². The molecule has 0 bridgehead atoms. The van der Waals surface area contributed by atoms with E-state index < -0.39 is 0 Å². The molecule has 0 aliphatic carbocycles. The summed E-state index contributed by atoms with van der Waals surface area (Å²) in [6.45, 7) is 7.46. The van der Waals surface area contributed by atoms with E-state index in [0.29, 0.717) is 6.54 Å². The van der Waals surface area contributed by atoms with E-state index in [9.17, 15) is 4.79 Å². The molecule has 2 rings (SSSR count). The Bertz CT molecular complexity index is 684. The van der Waals surface area contributed by atoms with Crippen molar-refractivity contribution in [2.45, 2.75) is 37.5 Å². The molecule has 0 spiro atoms. The molecule has 5 nitrogen and oxygen atoms in total. The molecule has 0 saturated heterocycles. The Morgan fingerprint density at radius 3 is 2.83 bits per heavy atom. The molecule has 7 heteroatoms. The molecular weight excluding hydrogens is 328 g/mol. The summed E-state index contributed by atoms with van der Waals surface area (Å²) in [5, 5.41) is 4.76. The number of amides is 1. The van der Waals surface area contributed by atoms with Gasteiger partial charge in [0.25, 0.3) is 0 Å². The number of thiophene rings is 1. The molecule has 0 radical (unpaired) electrons. The van der Waals surface area contributed by atoms with Crippen LogP contribution < -0.4 is 5.32 Å². The second-order valence-corrected chi connectivity index (χ2v) is 8.16. The van der Waals surface area contributed by atoms with Crippen LogP contribution in [0.3, 0.4) is 0 Å². The van der Waals surface area contributed by atoms with Gasteiger partial charge in [-0.1, -0.05) is 18.7 Å². The number of likely N-dealkylation sites (N-methyl/N-ethyl adjacent to an activating group) is 1. The second kappa shape index (κ2) is 8.08. The number of aromatic nitrogens is 2. The van der Waals surface area contributed by atoms with Crippen LogP contribution in [-0.2, 0) is 11.2 Å². The topological polar surface area (TPSA) is 58.1 Å². The Morgan fingerprint density at radius 1 is 1.43 bits per heavy atom. The molecular formula is C16H24N4OS2. The molecule has 0 aliphatic rings. The van der Waals surface area contributed by atoms with Crippen LogP contribution in [0.4, 0.5) is 0 Å². The fraction of sp³-hybridized carbons (Fsp3) is 0.562. The van der Waals surface area contributed by atoms with Crippen molar-refractivity contribution in [1.29, 1.82) is 0 Å². The van der Waals surface area contributed by atoms with Gasteiger partial charge in [0.1, 0.15) is 15.7 Å². The number of rotatable bonds is 7. The fourth-order valence-electron chi connectivity index (χ4n) is 2.08. The first-order valence-corrected chi connectivity index (χ1v) is 9.46. The van der Waals surface area contributed by atoms with E-state index in [2.05, 4.69) is 28.3 Å². The van der Waals surface area contributed by atoms with Crippen molar-refractivity contribution in [2.75, 3.05) is 27.2 Å². The number of hydrogen-bond acceptors (Lipinski definition) is 6. The second-order valence-electron chi connectivity index (χ2n) is 5.72. The van der Waals surface area contributed by atoms with Crippen molar-refractivity contribution in [3.63, 3.8) is 0 Å². The van der Waals surface area contributed by atoms with Crippen molar-refractivity contribution < 1.29 is 4.79 Å². The number of hydrogen-bond donors (Lipinski definition) is 1. The summed E-state index contributed by atoms with van der Waals surface area (Å²) in [5.74, 6) is 0.803. The highest BCUT2D eigenvalue weighted by Gasteiger charge is 2.18. The molecule has 2 aromatic rings. The molecule has 2 heterocycles. The number of nitrogens with one attached hydrogen (secondary N) is 1. The molecule has 0 saturated carbocycles. The first-order chi connectivity index (χ1) is 10.9. The quantitative estimate of drug-likeness (QED) is 0.613. The van der Waals surface area contributed by atoms with Crippen LogP contribution in [0.25, 0.3) is 10.2 Å². The Hall–Kier alpha value is -1.18. The highest BCUT2D eigenvalue weighted by Crippen LogP contribution is 2.33. The lowest BCUT2D eigenvalue weighted by Gasteiger charge is -2.14. The van der Waals surface area contributed by atoms with Crippen LogP contribution in [0.15, 0.2) is 11.1 Å².